The van der Waals surface area contributed by atoms with Crippen molar-refractivity contribution in [3.8, 4) is 5.75 Å². The Balaban J connectivity index is 1.26. The van der Waals surface area contributed by atoms with Gasteiger partial charge in [-0.2, -0.15) is 0 Å². The van der Waals surface area contributed by atoms with Crippen molar-refractivity contribution in [2.45, 2.75) is 57.6 Å². The quantitative estimate of drug-likeness (QED) is 0.300. The number of hydrogen-bond acceptors (Lipinski definition) is 10. The third-order valence-corrected chi connectivity index (χ3v) is 10.3. The number of anilines is 3. The molecule has 1 aromatic carbocycles. The number of piperidine rings is 1. The van der Waals surface area contributed by atoms with Gasteiger partial charge in [-0.15, -0.1) is 0 Å². The molecule has 0 aliphatic carbocycles. The summed E-state index contributed by atoms with van der Waals surface area (Å²) >= 11 is 0. The van der Waals surface area contributed by atoms with E-state index in [2.05, 4.69) is 78.5 Å². The number of nitrogens with zero attached hydrogens (tertiary/aromatic N) is 5. The maximum atomic E-state index is 14.5. The van der Waals surface area contributed by atoms with Gasteiger partial charge >= 0.3 is 0 Å². The Labute approximate surface area is 284 Å². The Bertz CT molecular complexity index is 1760. The van der Waals surface area contributed by atoms with E-state index in [0.29, 0.717) is 30.5 Å². The molecule has 4 aliphatic rings. The van der Waals surface area contributed by atoms with Gasteiger partial charge in [-0.05, 0) is 62.7 Å². The van der Waals surface area contributed by atoms with Gasteiger partial charge in [0.05, 0.1) is 29.1 Å². The van der Waals surface area contributed by atoms with Gasteiger partial charge in [0.2, 0.25) is 0 Å². The number of pyridine rings is 2. The summed E-state index contributed by atoms with van der Waals surface area (Å²) in [4.78, 5) is 26.3. The fraction of sp³-hybridized carbons (Fsp3) is 0.500. The normalized spacial score (nSPS) is 24.0. The van der Waals surface area contributed by atoms with E-state index in [1.165, 1.54) is 0 Å². The highest BCUT2D eigenvalue weighted by Gasteiger charge is 2.32. The minimum Gasteiger partial charge on any atom is -0.487 e. The second-order valence-electron chi connectivity index (χ2n) is 13.5. The Morgan fingerprint density at radius 2 is 2.08 bits per heavy atom. The van der Waals surface area contributed by atoms with Crippen molar-refractivity contribution in [1.29, 1.82) is 0 Å². The van der Waals surface area contributed by atoms with Gasteiger partial charge in [0.1, 0.15) is 26.5 Å². The molecular formula is C36H47BN8O3. The zero-order valence-electron chi connectivity index (χ0n) is 28.5. The zero-order valence-corrected chi connectivity index (χ0v) is 28.5. The van der Waals surface area contributed by atoms with Crippen LogP contribution in [0.2, 0.25) is 0 Å². The molecular weight excluding hydrogens is 603 g/mol. The van der Waals surface area contributed by atoms with Gasteiger partial charge in [0.15, 0.2) is 11.2 Å². The third-order valence-electron chi connectivity index (χ3n) is 10.3. The number of nitrogens with one attached hydrogen (secondary N) is 3. The van der Waals surface area contributed by atoms with E-state index in [9.17, 15) is 4.79 Å². The molecule has 48 heavy (non-hydrogen) atoms. The van der Waals surface area contributed by atoms with Crippen LogP contribution in [-0.2, 0) is 11.3 Å². The highest BCUT2D eigenvalue weighted by atomic mass is 16.5. The van der Waals surface area contributed by atoms with Crippen LogP contribution >= 0.6 is 0 Å². The van der Waals surface area contributed by atoms with E-state index >= 15 is 0 Å². The molecule has 2 fully saturated rings. The lowest BCUT2D eigenvalue weighted by Gasteiger charge is -2.41. The number of aromatic nitrogens is 2. The predicted molar refractivity (Wildman–Crippen MR) is 194 cm³/mol. The molecule has 252 valence electrons. The predicted octanol–water partition coefficient (Wildman–Crippen LogP) is 2.47. The highest BCUT2D eigenvalue weighted by molar-refractivity contribution is 6.38. The van der Waals surface area contributed by atoms with E-state index in [4.69, 9.17) is 17.3 Å². The summed E-state index contributed by atoms with van der Waals surface area (Å²) in [6, 6.07) is 6.60. The molecule has 4 aliphatic heterocycles. The lowest BCUT2D eigenvalue weighted by molar-refractivity contribution is 0.121. The van der Waals surface area contributed by atoms with Crippen LogP contribution in [0.4, 0.5) is 17.2 Å². The van der Waals surface area contributed by atoms with Crippen molar-refractivity contribution < 1.29 is 9.47 Å². The van der Waals surface area contributed by atoms with Gasteiger partial charge in [-0.1, -0.05) is 11.5 Å². The lowest BCUT2D eigenvalue weighted by Crippen LogP contribution is -2.51. The maximum Gasteiger partial charge on any atom is 0.193 e. The van der Waals surface area contributed by atoms with Gasteiger partial charge in [0, 0.05) is 89.2 Å². The molecule has 6 heterocycles. The van der Waals surface area contributed by atoms with Crippen molar-refractivity contribution in [2.24, 2.45) is 0 Å². The molecule has 0 amide bonds. The molecule has 12 heteroatoms. The average Bonchev–Trinajstić information content (AvgIpc) is 3.11. The summed E-state index contributed by atoms with van der Waals surface area (Å²) in [6.45, 7) is 10.5. The van der Waals surface area contributed by atoms with E-state index in [-0.39, 0.29) is 29.8 Å². The summed E-state index contributed by atoms with van der Waals surface area (Å²) in [6.07, 6.45) is 12.1. The number of hydrogen-bond donors (Lipinski definition) is 3. The van der Waals surface area contributed by atoms with Crippen LogP contribution in [0, 0.1) is 0 Å². The van der Waals surface area contributed by atoms with Crippen molar-refractivity contribution in [2.75, 3.05) is 75.1 Å². The first-order valence-electron chi connectivity index (χ1n) is 17.2. The van der Waals surface area contributed by atoms with E-state index in [1.54, 1.807) is 7.11 Å². The molecule has 3 aromatic rings. The first-order valence-corrected chi connectivity index (χ1v) is 17.2. The first-order chi connectivity index (χ1) is 23.3. The van der Waals surface area contributed by atoms with E-state index in [1.807, 2.05) is 31.6 Å². The van der Waals surface area contributed by atoms with Crippen molar-refractivity contribution in [3.63, 3.8) is 0 Å². The molecule has 4 unspecified atom stereocenters. The minimum atomic E-state index is -0.183. The Morgan fingerprint density at radius 3 is 2.85 bits per heavy atom. The third kappa shape index (κ3) is 6.29. The summed E-state index contributed by atoms with van der Waals surface area (Å²) < 4.78 is 14.3. The van der Waals surface area contributed by atoms with Crippen LogP contribution in [0.15, 0.2) is 59.3 Å². The van der Waals surface area contributed by atoms with Crippen LogP contribution in [-0.4, -0.2) is 101 Å². The van der Waals surface area contributed by atoms with E-state index in [0.717, 1.165) is 85.2 Å². The van der Waals surface area contributed by atoms with Gasteiger partial charge in [0.25, 0.3) is 0 Å². The van der Waals surface area contributed by atoms with Gasteiger partial charge in [-0.3, -0.25) is 9.69 Å². The van der Waals surface area contributed by atoms with Crippen LogP contribution < -0.4 is 41.4 Å². The maximum absolute atomic E-state index is 14.5. The summed E-state index contributed by atoms with van der Waals surface area (Å²) in [7, 11) is 10.4. The molecule has 3 N–H and O–H groups in total. The number of ether oxygens (including phenoxy) is 2. The molecule has 7 rings (SSSR count). The summed E-state index contributed by atoms with van der Waals surface area (Å²) in [5.74, 6) is 1.58. The zero-order chi connectivity index (χ0) is 33.4. The summed E-state index contributed by atoms with van der Waals surface area (Å²) in [5, 5.41) is 10.4. The fourth-order valence-electron chi connectivity index (χ4n) is 7.67. The number of benzene rings is 1. The van der Waals surface area contributed by atoms with Crippen molar-refractivity contribution >= 4 is 41.4 Å². The molecule has 11 nitrogen and oxygen atoms in total. The van der Waals surface area contributed by atoms with Gasteiger partial charge in [-0.25, -0.2) is 4.98 Å². The molecule has 2 aromatic heterocycles. The molecule has 0 saturated carbocycles. The largest absolute Gasteiger partial charge is 0.487 e. The topological polar surface area (TPSA) is 99.2 Å². The smallest absolute Gasteiger partial charge is 0.193 e. The summed E-state index contributed by atoms with van der Waals surface area (Å²) in [5.41, 5.74) is 5.39. The molecule has 2 radical (unpaired) electrons. The Kier molecular flexibility index (Phi) is 9.39. The van der Waals surface area contributed by atoms with Crippen LogP contribution in [0.25, 0.3) is 10.9 Å². The average molecular weight is 651 g/mol. The van der Waals surface area contributed by atoms with Crippen molar-refractivity contribution in [3.05, 3.63) is 70.3 Å². The second-order valence-corrected chi connectivity index (χ2v) is 13.5. The standard InChI is InChI=1S/C36H47BN8O3/c1-23-16-39-11-13-44(23)34-30(37)15-29-33-36(34)48-22-24(2)45(33)20-26(35(29)46)19-43(18-25-9-10-40-32(14-25)47-4)28-6-5-12-42(21-28)27-7-8-31(38-3)41-17-27/h7-10,14-15,17,20,23-24,28,32,39-40H,5-6,11-13,16,18-19,21-22H2,1-4H3,(H,38,41). The molecule has 0 spiro atoms. The number of piperazine rings is 1. The number of methoxy groups -OCH3 is 1. The first kappa shape index (κ1) is 32.5. The van der Waals surface area contributed by atoms with Crippen LogP contribution in [0.3, 0.4) is 0 Å². The van der Waals surface area contributed by atoms with Crippen LogP contribution in [0.5, 0.6) is 5.75 Å². The molecule has 4 atom stereocenters. The monoisotopic (exact) mass is 650 g/mol. The fourth-order valence-corrected chi connectivity index (χ4v) is 7.67. The van der Waals surface area contributed by atoms with Crippen molar-refractivity contribution in [1.82, 2.24) is 25.1 Å². The lowest BCUT2D eigenvalue weighted by atomic mass is 9.89. The Hall–Kier alpha value is -4.00. The highest BCUT2D eigenvalue weighted by Crippen LogP contribution is 2.39. The van der Waals surface area contributed by atoms with Gasteiger partial charge < -0.3 is 39.8 Å². The molecule has 2 saturated heterocycles. The number of dihydropyridines is 1. The molecule has 0 bridgehead atoms. The number of rotatable bonds is 9. The SMILES string of the molecule is [B]c1cc2c(=O)c(CN(CC3=CC(OC)NC=C3)C3CCCN(c4ccc(NC)nc4)C3)cn3c2c(c1N1CCNCC1C)OCC3C. The second kappa shape index (κ2) is 13.9. The Morgan fingerprint density at radius 1 is 1.21 bits per heavy atom. The minimum absolute atomic E-state index is 0.0147. The van der Waals surface area contributed by atoms with Crippen LogP contribution in [0.1, 0.15) is 38.3 Å². The van der Waals surface area contributed by atoms with E-state index < -0.39 is 0 Å².